The van der Waals surface area contributed by atoms with Crippen LogP contribution < -0.4 is 0 Å². The van der Waals surface area contributed by atoms with Crippen molar-refractivity contribution in [2.75, 3.05) is 20.2 Å². The number of carbonyl (C=O) groups is 1. The Morgan fingerprint density at radius 1 is 1.42 bits per heavy atom. The normalized spacial score (nSPS) is 15.8. The van der Waals surface area contributed by atoms with Crippen molar-refractivity contribution in [2.45, 2.75) is 19.3 Å². The molecule has 0 unspecified atom stereocenters. The van der Waals surface area contributed by atoms with Crippen LogP contribution in [0.5, 0.6) is 0 Å². The zero-order valence-electron chi connectivity index (χ0n) is 14.5. The highest BCUT2D eigenvalue weighted by Crippen LogP contribution is 2.41. The number of imidazole rings is 1. The van der Waals surface area contributed by atoms with Gasteiger partial charge < -0.3 is 10.0 Å². The molecule has 0 spiro atoms. The molecule has 0 saturated heterocycles. The van der Waals surface area contributed by atoms with Crippen molar-refractivity contribution in [3.8, 4) is 11.3 Å². The number of rotatable bonds is 5. The van der Waals surface area contributed by atoms with Crippen LogP contribution in [0, 0.1) is 5.41 Å². The van der Waals surface area contributed by atoms with E-state index in [1.54, 1.807) is 11.9 Å². The first kappa shape index (κ1) is 17.5. The Kier molecular flexibility index (Phi) is 4.50. The Bertz CT molecular complexity index is 955. The SMILES string of the molecule is CN(CC1(CO)CCC1)C(=O)c1csc2nc(-c3ccccc3Cl)cn12. The fourth-order valence-electron chi connectivity index (χ4n) is 3.55. The van der Waals surface area contributed by atoms with Crippen LogP contribution in [0.3, 0.4) is 0 Å². The van der Waals surface area contributed by atoms with Crippen LogP contribution in [0.4, 0.5) is 0 Å². The van der Waals surface area contributed by atoms with E-state index in [4.69, 9.17) is 11.6 Å². The van der Waals surface area contributed by atoms with Gasteiger partial charge in [-0.15, -0.1) is 11.3 Å². The molecule has 5 nitrogen and oxygen atoms in total. The number of aliphatic hydroxyl groups excluding tert-OH is 1. The van der Waals surface area contributed by atoms with Gasteiger partial charge in [-0.3, -0.25) is 9.20 Å². The van der Waals surface area contributed by atoms with E-state index in [2.05, 4.69) is 4.98 Å². The Hall–Kier alpha value is -1.89. The van der Waals surface area contributed by atoms with Gasteiger partial charge in [0.2, 0.25) is 0 Å². The van der Waals surface area contributed by atoms with Crippen LogP contribution in [0.1, 0.15) is 29.8 Å². The molecule has 0 radical (unpaired) electrons. The molecule has 7 heteroatoms. The molecule has 1 amide bonds. The topological polar surface area (TPSA) is 57.8 Å². The number of hydrogen-bond donors (Lipinski definition) is 1. The number of nitrogens with zero attached hydrogens (tertiary/aromatic N) is 3. The highest BCUT2D eigenvalue weighted by molar-refractivity contribution is 7.15. The third-order valence-electron chi connectivity index (χ3n) is 5.25. The minimum absolute atomic E-state index is 0.0564. The van der Waals surface area contributed by atoms with Crippen molar-refractivity contribution in [3.05, 3.63) is 46.6 Å². The monoisotopic (exact) mass is 389 g/mol. The molecule has 2 aromatic heterocycles. The minimum atomic E-state index is -0.128. The van der Waals surface area contributed by atoms with E-state index in [0.29, 0.717) is 17.3 Å². The summed E-state index contributed by atoms with van der Waals surface area (Å²) in [5.41, 5.74) is 2.07. The molecule has 0 aliphatic heterocycles. The highest BCUT2D eigenvalue weighted by Gasteiger charge is 2.38. The average Bonchev–Trinajstić information content (AvgIpc) is 3.18. The van der Waals surface area contributed by atoms with Crippen molar-refractivity contribution >= 4 is 33.8 Å². The van der Waals surface area contributed by atoms with E-state index in [-0.39, 0.29) is 17.9 Å². The van der Waals surface area contributed by atoms with Gasteiger partial charge in [-0.25, -0.2) is 4.98 Å². The van der Waals surface area contributed by atoms with Gasteiger partial charge in [0.1, 0.15) is 5.69 Å². The Labute approximate surface area is 160 Å². The van der Waals surface area contributed by atoms with E-state index >= 15 is 0 Å². The average molecular weight is 390 g/mol. The number of thiazole rings is 1. The summed E-state index contributed by atoms with van der Waals surface area (Å²) in [5.74, 6) is -0.0564. The Balaban J connectivity index is 1.62. The second-order valence-electron chi connectivity index (χ2n) is 7.05. The number of amides is 1. The molecule has 1 aromatic carbocycles. The fraction of sp³-hybridized carbons (Fsp3) is 0.368. The lowest BCUT2D eigenvalue weighted by Crippen LogP contribution is -2.45. The smallest absolute Gasteiger partial charge is 0.271 e. The number of halogens is 1. The molecule has 1 aliphatic rings. The molecule has 0 atom stereocenters. The van der Waals surface area contributed by atoms with Gasteiger partial charge in [-0.1, -0.05) is 36.2 Å². The fourth-order valence-corrected chi connectivity index (χ4v) is 4.63. The van der Waals surface area contributed by atoms with E-state index in [0.717, 1.165) is 35.5 Å². The van der Waals surface area contributed by atoms with Gasteiger partial charge in [-0.2, -0.15) is 0 Å². The number of benzene rings is 1. The quantitative estimate of drug-likeness (QED) is 0.718. The van der Waals surface area contributed by atoms with Crippen molar-refractivity contribution in [2.24, 2.45) is 5.41 Å². The van der Waals surface area contributed by atoms with E-state index < -0.39 is 0 Å². The summed E-state index contributed by atoms with van der Waals surface area (Å²) in [6, 6.07) is 7.55. The molecule has 2 heterocycles. The molecule has 1 saturated carbocycles. The zero-order valence-corrected chi connectivity index (χ0v) is 16.1. The van der Waals surface area contributed by atoms with Crippen LogP contribution in [0.15, 0.2) is 35.8 Å². The maximum Gasteiger partial charge on any atom is 0.271 e. The summed E-state index contributed by atoms with van der Waals surface area (Å²) < 4.78 is 1.83. The highest BCUT2D eigenvalue weighted by atomic mass is 35.5. The molecule has 4 rings (SSSR count). The van der Waals surface area contributed by atoms with Gasteiger partial charge in [0.15, 0.2) is 4.96 Å². The van der Waals surface area contributed by atoms with Crippen molar-refractivity contribution in [1.29, 1.82) is 0 Å². The van der Waals surface area contributed by atoms with E-state index in [1.807, 2.05) is 40.2 Å². The number of fused-ring (bicyclic) bond motifs is 1. The summed E-state index contributed by atoms with van der Waals surface area (Å²) in [6.07, 6.45) is 4.93. The molecule has 1 N–H and O–H groups in total. The molecule has 1 aliphatic carbocycles. The van der Waals surface area contributed by atoms with Crippen LogP contribution in [0.2, 0.25) is 5.02 Å². The van der Waals surface area contributed by atoms with Crippen molar-refractivity contribution in [1.82, 2.24) is 14.3 Å². The number of hydrogen-bond acceptors (Lipinski definition) is 4. The first-order valence-electron chi connectivity index (χ1n) is 8.61. The van der Waals surface area contributed by atoms with Crippen LogP contribution in [0.25, 0.3) is 16.2 Å². The Morgan fingerprint density at radius 3 is 2.85 bits per heavy atom. The van der Waals surface area contributed by atoms with E-state index in [9.17, 15) is 9.90 Å². The van der Waals surface area contributed by atoms with Crippen LogP contribution in [-0.2, 0) is 0 Å². The largest absolute Gasteiger partial charge is 0.396 e. The predicted octanol–water partition coefficient (Wildman–Crippen LogP) is 3.95. The van der Waals surface area contributed by atoms with Gasteiger partial charge in [-0.05, 0) is 18.9 Å². The summed E-state index contributed by atoms with van der Waals surface area (Å²) in [7, 11) is 1.80. The summed E-state index contributed by atoms with van der Waals surface area (Å²) in [4.78, 5) is 20.0. The number of aliphatic hydroxyl groups is 1. The molecule has 136 valence electrons. The summed E-state index contributed by atoms with van der Waals surface area (Å²) in [5, 5.41) is 12.1. The third-order valence-corrected chi connectivity index (χ3v) is 6.42. The second-order valence-corrected chi connectivity index (χ2v) is 8.30. The molecule has 1 fully saturated rings. The van der Waals surface area contributed by atoms with Crippen molar-refractivity contribution in [3.63, 3.8) is 0 Å². The lowest BCUT2D eigenvalue weighted by Gasteiger charge is -2.42. The predicted molar refractivity (Wildman–Crippen MR) is 104 cm³/mol. The Morgan fingerprint density at radius 2 is 2.19 bits per heavy atom. The lowest BCUT2D eigenvalue weighted by molar-refractivity contribution is 0.0144. The van der Waals surface area contributed by atoms with Gasteiger partial charge >= 0.3 is 0 Å². The van der Waals surface area contributed by atoms with Crippen LogP contribution >= 0.6 is 22.9 Å². The van der Waals surface area contributed by atoms with Crippen molar-refractivity contribution < 1.29 is 9.90 Å². The molecule has 26 heavy (non-hydrogen) atoms. The third kappa shape index (κ3) is 2.92. The van der Waals surface area contributed by atoms with Gasteiger partial charge in [0, 0.05) is 36.1 Å². The first-order valence-corrected chi connectivity index (χ1v) is 9.87. The van der Waals surface area contributed by atoms with Gasteiger partial charge in [0.05, 0.1) is 17.3 Å². The maximum atomic E-state index is 12.9. The lowest BCUT2D eigenvalue weighted by atomic mass is 9.69. The second kappa shape index (κ2) is 6.68. The number of carbonyl (C=O) groups excluding carboxylic acids is 1. The molecular formula is C19H20ClN3O2S. The minimum Gasteiger partial charge on any atom is -0.396 e. The zero-order chi connectivity index (χ0) is 18.3. The molecule has 3 aromatic rings. The van der Waals surface area contributed by atoms with Crippen LogP contribution in [-0.4, -0.2) is 45.5 Å². The molecular weight excluding hydrogens is 370 g/mol. The summed E-state index contributed by atoms with van der Waals surface area (Å²) in [6.45, 7) is 0.705. The number of aromatic nitrogens is 2. The molecule has 0 bridgehead atoms. The van der Waals surface area contributed by atoms with Gasteiger partial charge in [0.25, 0.3) is 5.91 Å². The first-order chi connectivity index (χ1) is 12.5. The van der Waals surface area contributed by atoms with E-state index in [1.165, 1.54) is 11.3 Å². The maximum absolute atomic E-state index is 12.9. The standard InChI is InChI=1S/C19H20ClN3O2S/c1-22(11-19(12-24)7-4-8-19)17(25)16-10-26-18-21-15(9-23(16)18)13-5-2-3-6-14(13)20/h2-3,5-6,9-10,24H,4,7-8,11-12H2,1H3. The summed E-state index contributed by atoms with van der Waals surface area (Å²) >= 11 is 7.71.